The highest BCUT2D eigenvalue weighted by Gasteiger charge is 2.46. The minimum absolute atomic E-state index is 0.0575. The highest BCUT2D eigenvalue weighted by molar-refractivity contribution is 5.96. The van der Waals surface area contributed by atoms with Crippen LogP contribution in [0.5, 0.6) is 0 Å². The Labute approximate surface area is 94.2 Å². The largest absolute Gasteiger partial charge is 0.425 e. The third-order valence-electron chi connectivity index (χ3n) is 3.11. The molecule has 1 heterocycles. The second kappa shape index (κ2) is 4.03. The molecule has 0 aromatic rings. The highest BCUT2D eigenvalue weighted by atomic mass is 16.7. The smallest absolute Gasteiger partial charge is 0.341 e. The van der Waals surface area contributed by atoms with Crippen molar-refractivity contribution in [2.45, 2.75) is 44.5 Å². The van der Waals surface area contributed by atoms with Crippen molar-refractivity contribution in [2.24, 2.45) is 0 Å². The Hall–Kier alpha value is -1.13. The second-order valence-corrected chi connectivity index (χ2v) is 4.27. The minimum atomic E-state index is -1.59. The number of esters is 1. The number of ether oxygens (including phenoxy) is 1. The molecule has 0 aromatic carbocycles. The Balaban J connectivity index is 2.26. The Bertz CT molecular complexity index is 369. The van der Waals surface area contributed by atoms with Crippen LogP contribution in [0.4, 0.5) is 0 Å². The van der Waals surface area contributed by atoms with Crippen molar-refractivity contribution in [3.63, 3.8) is 0 Å². The first kappa shape index (κ1) is 11.4. The van der Waals surface area contributed by atoms with E-state index < -0.39 is 17.9 Å². The Kier molecular flexibility index (Phi) is 2.86. The third kappa shape index (κ3) is 1.79. The van der Waals surface area contributed by atoms with E-state index in [0.29, 0.717) is 24.0 Å². The fourth-order valence-electron chi connectivity index (χ4n) is 2.16. The fraction of sp³-hybridized carbons (Fsp3) is 0.583. The van der Waals surface area contributed by atoms with Crippen LogP contribution in [0.25, 0.3) is 0 Å². The van der Waals surface area contributed by atoms with Gasteiger partial charge in [0, 0.05) is 12.0 Å². The van der Waals surface area contributed by atoms with Gasteiger partial charge < -0.3 is 14.9 Å². The summed E-state index contributed by atoms with van der Waals surface area (Å²) in [5.41, 5.74) is 1.07. The zero-order valence-corrected chi connectivity index (χ0v) is 9.27. The molecule has 0 saturated carbocycles. The predicted octanol–water partition coefficient (Wildman–Crippen LogP) is 1.04. The maximum atomic E-state index is 11.5. The van der Waals surface area contributed by atoms with Crippen LogP contribution in [0.15, 0.2) is 23.3 Å². The normalized spacial score (nSPS) is 30.3. The first-order valence-electron chi connectivity index (χ1n) is 5.61. The quantitative estimate of drug-likeness (QED) is 0.703. The molecule has 2 aliphatic rings. The van der Waals surface area contributed by atoms with Crippen LogP contribution in [0.2, 0.25) is 0 Å². The molecule has 88 valence electrons. The van der Waals surface area contributed by atoms with Crippen molar-refractivity contribution in [2.75, 3.05) is 0 Å². The molecule has 0 spiro atoms. The number of hydrogen-bond donors (Lipinski definition) is 2. The lowest BCUT2D eigenvalue weighted by Gasteiger charge is -2.27. The van der Waals surface area contributed by atoms with Crippen molar-refractivity contribution in [1.82, 2.24) is 0 Å². The van der Waals surface area contributed by atoms with E-state index in [2.05, 4.69) is 0 Å². The number of hydrogen-bond acceptors (Lipinski definition) is 4. The summed E-state index contributed by atoms with van der Waals surface area (Å²) in [6.45, 7) is 1.82. The Morgan fingerprint density at radius 1 is 1.62 bits per heavy atom. The number of carbonyl (C=O) groups is 1. The highest BCUT2D eigenvalue weighted by Crippen LogP contribution is 2.39. The van der Waals surface area contributed by atoms with Crippen LogP contribution in [0.1, 0.15) is 32.6 Å². The zero-order valence-electron chi connectivity index (χ0n) is 9.27. The molecule has 2 N–H and O–H groups in total. The van der Waals surface area contributed by atoms with Crippen molar-refractivity contribution in [3.8, 4) is 0 Å². The molecule has 2 atom stereocenters. The average molecular weight is 224 g/mol. The number of allylic oxidation sites excluding steroid dienone is 1. The van der Waals surface area contributed by atoms with Gasteiger partial charge in [-0.05, 0) is 19.3 Å². The van der Waals surface area contributed by atoms with Gasteiger partial charge in [0.2, 0.25) is 5.79 Å². The molecule has 0 bridgehead atoms. The lowest BCUT2D eigenvalue weighted by Crippen LogP contribution is -2.36. The predicted molar refractivity (Wildman–Crippen MR) is 57.4 cm³/mol. The number of carbonyl (C=O) groups excluding carboxylic acids is 1. The number of aliphatic hydroxyl groups is 2. The topological polar surface area (TPSA) is 66.8 Å². The molecule has 16 heavy (non-hydrogen) atoms. The fourth-order valence-corrected chi connectivity index (χ4v) is 2.16. The van der Waals surface area contributed by atoms with Gasteiger partial charge in [0.25, 0.3) is 0 Å². The molecule has 0 aromatic heterocycles. The van der Waals surface area contributed by atoms with Crippen LogP contribution < -0.4 is 0 Å². The SMILES string of the molecule is CCC(O)CC1(O)OC(=O)C2=C1CCC=C2. The van der Waals surface area contributed by atoms with Crippen LogP contribution in [-0.2, 0) is 9.53 Å². The molecule has 4 nitrogen and oxygen atoms in total. The summed E-state index contributed by atoms with van der Waals surface area (Å²) < 4.78 is 5.00. The van der Waals surface area contributed by atoms with Gasteiger partial charge in [0.15, 0.2) is 0 Å². The molecule has 1 aliphatic heterocycles. The third-order valence-corrected chi connectivity index (χ3v) is 3.11. The zero-order chi connectivity index (χ0) is 11.8. The first-order valence-corrected chi connectivity index (χ1v) is 5.61. The second-order valence-electron chi connectivity index (χ2n) is 4.27. The summed E-state index contributed by atoms with van der Waals surface area (Å²) in [7, 11) is 0. The summed E-state index contributed by atoms with van der Waals surface area (Å²) >= 11 is 0. The molecule has 1 aliphatic carbocycles. The molecule has 0 fully saturated rings. The van der Waals surface area contributed by atoms with Gasteiger partial charge in [-0.2, -0.15) is 0 Å². The Morgan fingerprint density at radius 2 is 2.38 bits per heavy atom. The van der Waals surface area contributed by atoms with E-state index in [0.717, 1.165) is 6.42 Å². The molecule has 0 radical (unpaired) electrons. The first-order chi connectivity index (χ1) is 7.57. The lowest BCUT2D eigenvalue weighted by atomic mass is 9.90. The van der Waals surface area contributed by atoms with Crippen LogP contribution >= 0.6 is 0 Å². The maximum Gasteiger partial charge on any atom is 0.341 e. The van der Waals surface area contributed by atoms with E-state index in [4.69, 9.17) is 4.74 Å². The van der Waals surface area contributed by atoms with E-state index in [1.165, 1.54) is 0 Å². The minimum Gasteiger partial charge on any atom is -0.425 e. The Morgan fingerprint density at radius 3 is 3.06 bits per heavy atom. The number of cyclic esters (lactones) is 1. The van der Waals surface area contributed by atoms with E-state index in [1.807, 2.05) is 13.0 Å². The molecule has 0 saturated heterocycles. The molecular formula is C12H16O4. The van der Waals surface area contributed by atoms with Gasteiger partial charge in [-0.3, -0.25) is 0 Å². The van der Waals surface area contributed by atoms with Gasteiger partial charge in [-0.15, -0.1) is 0 Å². The molecule has 2 rings (SSSR count). The summed E-state index contributed by atoms with van der Waals surface area (Å²) in [6.07, 6.45) is 4.92. The van der Waals surface area contributed by atoms with E-state index in [9.17, 15) is 15.0 Å². The number of rotatable bonds is 3. The van der Waals surface area contributed by atoms with Crippen LogP contribution in [0.3, 0.4) is 0 Å². The maximum absolute atomic E-state index is 11.5. The van der Waals surface area contributed by atoms with E-state index in [1.54, 1.807) is 6.08 Å². The molecule has 0 amide bonds. The van der Waals surface area contributed by atoms with Crippen molar-refractivity contribution in [1.29, 1.82) is 0 Å². The van der Waals surface area contributed by atoms with Gasteiger partial charge in [0.1, 0.15) is 0 Å². The summed E-state index contributed by atoms with van der Waals surface area (Å²) in [5, 5.41) is 19.8. The average Bonchev–Trinajstić information content (AvgIpc) is 2.52. The van der Waals surface area contributed by atoms with Gasteiger partial charge >= 0.3 is 5.97 Å². The van der Waals surface area contributed by atoms with Gasteiger partial charge in [0.05, 0.1) is 11.7 Å². The monoisotopic (exact) mass is 224 g/mol. The van der Waals surface area contributed by atoms with Gasteiger partial charge in [-0.25, -0.2) is 4.79 Å². The molecular weight excluding hydrogens is 208 g/mol. The standard InChI is InChI=1S/C12H16O4/c1-2-8(13)7-12(15)10-6-4-3-5-9(10)11(14)16-12/h3,5,8,13,15H,2,4,6-7H2,1H3. The molecule has 2 unspecified atom stereocenters. The summed E-state index contributed by atoms with van der Waals surface area (Å²) in [6, 6.07) is 0. The molecule has 4 heteroatoms. The van der Waals surface area contributed by atoms with Crippen molar-refractivity contribution >= 4 is 5.97 Å². The number of aliphatic hydroxyl groups excluding tert-OH is 1. The summed E-state index contributed by atoms with van der Waals surface area (Å²) in [5.74, 6) is -2.08. The van der Waals surface area contributed by atoms with Crippen molar-refractivity contribution < 1.29 is 19.7 Å². The van der Waals surface area contributed by atoms with E-state index in [-0.39, 0.29) is 6.42 Å². The van der Waals surface area contributed by atoms with Crippen LogP contribution in [0, 0.1) is 0 Å². The van der Waals surface area contributed by atoms with E-state index >= 15 is 0 Å². The van der Waals surface area contributed by atoms with Crippen LogP contribution in [-0.4, -0.2) is 28.1 Å². The lowest BCUT2D eigenvalue weighted by molar-refractivity contribution is -0.190. The summed E-state index contributed by atoms with van der Waals surface area (Å²) in [4.78, 5) is 11.5. The van der Waals surface area contributed by atoms with Gasteiger partial charge in [-0.1, -0.05) is 19.1 Å². The van der Waals surface area contributed by atoms with Crippen molar-refractivity contribution in [3.05, 3.63) is 23.3 Å².